The third-order valence-electron chi connectivity index (χ3n) is 2.96. The zero-order valence-electron chi connectivity index (χ0n) is 10.9. The molecule has 0 saturated heterocycles. The maximum absolute atomic E-state index is 5.76. The molecular weight excluding hydrogens is 306 g/mol. The van der Waals surface area contributed by atoms with E-state index in [0.29, 0.717) is 16.3 Å². The first-order valence-electron chi connectivity index (χ1n) is 6.17. The van der Waals surface area contributed by atoms with E-state index in [-0.39, 0.29) is 6.01 Å². The molecular formula is C14H16BrN3O. The van der Waals surface area contributed by atoms with E-state index in [1.165, 1.54) is 0 Å². The van der Waals surface area contributed by atoms with Crippen molar-refractivity contribution in [3.05, 3.63) is 40.5 Å². The van der Waals surface area contributed by atoms with Crippen LogP contribution in [0.5, 0.6) is 11.8 Å². The second-order valence-electron chi connectivity index (χ2n) is 4.35. The highest BCUT2D eigenvalue weighted by molar-refractivity contribution is 9.10. The molecule has 100 valence electrons. The number of halogens is 1. The number of aromatic nitrogens is 2. The van der Waals surface area contributed by atoms with E-state index in [4.69, 9.17) is 10.5 Å². The number of hydrogen-bond acceptors (Lipinski definition) is 4. The van der Waals surface area contributed by atoms with Gasteiger partial charge in [-0.05, 0) is 39.9 Å². The molecule has 4 nitrogen and oxygen atoms in total. The van der Waals surface area contributed by atoms with E-state index in [2.05, 4.69) is 45.8 Å². The lowest BCUT2D eigenvalue weighted by Crippen LogP contribution is -2.00. The summed E-state index contributed by atoms with van der Waals surface area (Å²) >= 11 is 3.28. The third-order valence-corrected chi connectivity index (χ3v) is 3.36. The van der Waals surface area contributed by atoms with Crippen LogP contribution in [0.2, 0.25) is 0 Å². The predicted octanol–water partition coefficient (Wildman–Crippen LogP) is 4.13. The number of rotatable bonds is 4. The summed E-state index contributed by atoms with van der Waals surface area (Å²) < 4.78 is 6.37. The van der Waals surface area contributed by atoms with Crippen LogP contribution in [-0.4, -0.2) is 9.97 Å². The number of nitrogens with zero attached hydrogens (tertiary/aromatic N) is 2. The summed E-state index contributed by atoms with van der Waals surface area (Å²) in [6.45, 7) is 4.31. The molecule has 0 fully saturated rings. The molecule has 0 aliphatic carbocycles. The first-order chi connectivity index (χ1) is 9.10. The number of hydrogen-bond donors (Lipinski definition) is 1. The van der Waals surface area contributed by atoms with Crippen molar-refractivity contribution >= 4 is 21.7 Å². The highest BCUT2D eigenvalue weighted by Crippen LogP contribution is 2.31. The molecule has 1 aromatic carbocycles. The van der Waals surface area contributed by atoms with Crippen LogP contribution >= 0.6 is 15.9 Å². The molecule has 1 atom stereocenters. The molecule has 0 amide bonds. The summed E-state index contributed by atoms with van der Waals surface area (Å²) in [7, 11) is 0. The standard InChI is InChI=1S/C14H16BrN3O/c1-3-9(2)10-6-4-5-7-11(10)19-14-17-12(15)8-13(16)18-14/h4-9H,3H2,1-2H3,(H2,16,17,18). The predicted molar refractivity (Wildman–Crippen MR) is 79.4 cm³/mol. The summed E-state index contributed by atoms with van der Waals surface area (Å²) in [6.07, 6.45) is 1.04. The topological polar surface area (TPSA) is 61.0 Å². The normalized spacial score (nSPS) is 12.2. The molecule has 1 heterocycles. The highest BCUT2D eigenvalue weighted by Gasteiger charge is 2.12. The fraction of sp³-hybridized carbons (Fsp3) is 0.286. The van der Waals surface area contributed by atoms with Crippen LogP contribution in [-0.2, 0) is 0 Å². The Bertz CT molecular complexity index is 554. The van der Waals surface area contributed by atoms with Crippen molar-refractivity contribution in [1.29, 1.82) is 0 Å². The minimum atomic E-state index is 0.252. The van der Waals surface area contributed by atoms with E-state index >= 15 is 0 Å². The summed E-state index contributed by atoms with van der Waals surface area (Å²) in [4.78, 5) is 8.23. The van der Waals surface area contributed by atoms with Gasteiger partial charge in [-0.15, -0.1) is 0 Å². The molecule has 1 aromatic heterocycles. The van der Waals surface area contributed by atoms with Gasteiger partial charge in [-0.2, -0.15) is 9.97 Å². The van der Waals surface area contributed by atoms with Crippen molar-refractivity contribution in [2.24, 2.45) is 0 Å². The van der Waals surface area contributed by atoms with Gasteiger partial charge in [-0.3, -0.25) is 0 Å². The average Bonchev–Trinajstić information content (AvgIpc) is 2.37. The summed E-state index contributed by atoms with van der Waals surface area (Å²) in [5.74, 6) is 1.56. The third kappa shape index (κ3) is 3.44. The second kappa shape index (κ2) is 6.02. The Morgan fingerprint density at radius 1 is 1.32 bits per heavy atom. The molecule has 5 heteroatoms. The smallest absolute Gasteiger partial charge is 0.325 e. The van der Waals surface area contributed by atoms with Crippen LogP contribution in [0.4, 0.5) is 5.82 Å². The Balaban J connectivity index is 2.32. The number of nitrogens with two attached hydrogens (primary N) is 1. The average molecular weight is 322 g/mol. The highest BCUT2D eigenvalue weighted by atomic mass is 79.9. The van der Waals surface area contributed by atoms with Gasteiger partial charge in [0.05, 0.1) is 0 Å². The molecule has 0 spiro atoms. The van der Waals surface area contributed by atoms with Gasteiger partial charge in [0.2, 0.25) is 0 Å². The monoisotopic (exact) mass is 321 g/mol. The molecule has 0 bridgehead atoms. The summed E-state index contributed by atoms with van der Waals surface area (Å²) in [5, 5.41) is 0. The van der Waals surface area contributed by atoms with Gasteiger partial charge in [0, 0.05) is 6.07 Å². The fourth-order valence-electron chi connectivity index (χ4n) is 1.76. The van der Waals surface area contributed by atoms with E-state index in [0.717, 1.165) is 17.7 Å². The summed E-state index contributed by atoms with van der Waals surface area (Å²) in [5.41, 5.74) is 6.82. The first-order valence-corrected chi connectivity index (χ1v) is 6.96. The molecule has 1 unspecified atom stereocenters. The Morgan fingerprint density at radius 2 is 2.05 bits per heavy atom. The largest absolute Gasteiger partial charge is 0.424 e. The lowest BCUT2D eigenvalue weighted by molar-refractivity contribution is 0.432. The Labute approximate surface area is 121 Å². The lowest BCUT2D eigenvalue weighted by Gasteiger charge is -2.14. The van der Waals surface area contributed by atoms with Gasteiger partial charge in [0.25, 0.3) is 0 Å². The number of ether oxygens (including phenoxy) is 1. The van der Waals surface area contributed by atoms with E-state index < -0.39 is 0 Å². The minimum absolute atomic E-state index is 0.252. The van der Waals surface area contributed by atoms with Crippen LogP contribution < -0.4 is 10.5 Å². The zero-order valence-corrected chi connectivity index (χ0v) is 12.5. The molecule has 0 radical (unpaired) electrons. The van der Waals surface area contributed by atoms with Crippen molar-refractivity contribution in [2.75, 3.05) is 5.73 Å². The number of nitrogen functional groups attached to an aromatic ring is 1. The van der Waals surface area contributed by atoms with Gasteiger partial charge in [-0.25, -0.2) is 0 Å². The molecule has 0 aliphatic heterocycles. The van der Waals surface area contributed by atoms with Crippen LogP contribution in [0.3, 0.4) is 0 Å². The van der Waals surface area contributed by atoms with Gasteiger partial charge in [0.15, 0.2) is 0 Å². The first kappa shape index (κ1) is 13.8. The number of benzene rings is 1. The Hall–Kier alpha value is -1.62. The number of para-hydroxylation sites is 1. The SMILES string of the molecule is CCC(C)c1ccccc1Oc1nc(N)cc(Br)n1. The maximum atomic E-state index is 5.76. The van der Waals surface area contributed by atoms with Crippen molar-refractivity contribution in [2.45, 2.75) is 26.2 Å². The van der Waals surface area contributed by atoms with E-state index in [9.17, 15) is 0 Å². The second-order valence-corrected chi connectivity index (χ2v) is 5.16. The van der Waals surface area contributed by atoms with Crippen LogP contribution in [0.1, 0.15) is 31.7 Å². The Kier molecular flexibility index (Phi) is 4.37. The maximum Gasteiger partial charge on any atom is 0.325 e. The van der Waals surface area contributed by atoms with E-state index in [1.807, 2.05) is 18.2 Å². The van der Waals surface area contributed by atoms with Crippen molar-refractivity contribution in [3.8, 4) is 11.8 Å². The molecule has 2 N–H and O–H groups in total. The molecule has 2 rings (SSSR count). The fourth-order valence-corrected chi connectivity index (χ4v) is 2.14. The van der Waals surface area contributed by atoms with Crippen molar-refractivity contribution in [1.82, 2.24) is 9.97 Å². The quantitative estimate of drug-likeness (QED) is 0.860. The van der Waals surface area contributed by atoms with Gasteiger partial charge < -0.3 is 10.5 Å². The molecule has 0 aliphatic rings. The minimum Gasteiger partial charge on any atom is -0.424 e. The Morgan fingerprint density at radius 3 is 2.74 bits per heavy atom. The molecule has 0 saturated carbocycles. The van der Waals surface area contributed by atoms with Crippen LogP contribution in [0.25, 0.3) is 0 Å². The lowest BCUT2D eigenvalue weighted by atomic mass is 9.98. The van der Waals surface area contributed by atoms with Crippen LogP contribution in [0, 0.1) is 0 Å². The van der Waals surface area contributed by atoms with Crippen molar-refractivity contribution in [3.63, 3.8) is 0 Å². The van der Waals surface area contributed by atoms with E-state index in [1.54, 1.807) is 6.07 Å². The van der Waals surface area contributed by atoms with Gasteiger partial charge >= 0.3 is 6.01 Å². The van der Waals surface area contributed by atoms with Gasteiger partial charge in [-0.1, -0.05) is 32.0 Å². The van der Waals surface area contributed by atoms with Crippen molar-refractivity contribution < 1.29 is 4.74 Å². The zero-order chi connectivity index (χ0) is 13.8. The number of anilines is 1. The van der Waals surface area contributed by atoms with Gasteiger partial charge in [0.1, 0.15) is 16.2 Å². The summed E-state index contributed by atoms with van der Waals surface area (Å²) in [6, 6.07) is 9.80. The molecule has 2 aromatic rings. The molecule has 19 heavy (non-hydrogen) atoms. The van der Waals surface area contributed by atoms with Crippen LogP contribution in [0.15, 0.2) is 34.9 Å².